The summed E-state index contributed by atoms with van der Waals surface area (Å²) >= 11 is 2.35. The van der Waals surface area contributed by atoms with Crippen LogP contribution in [0.15, 0.2) is 0 Å². The van der Waals surface area contributed by atoms with Crippen molar-refractivity contribution in [3.05, 3.63) is 0 Å². The van der Waals surface area contributed by atoms with E-state index < -0.39 is 5.60 Å². The first-order valence-corrected chi connectivity index (χ1v) is 9.53. The molecular formula is C16H30INO4. The zero-order chi connectivity index (χ0) is 16.8. The van der Waals surface area contributed by atoms with Crippen LogP contribution < -0.4 is 0 Å². The Morgan fingerprint density at radius 1 is 1.41 bits per heavy atom. The fraction of sp³-hybridized carbons (Fsp3) is 0.938. The summed E-state index contributed by atoms with van der Waals surface area (Å²) in [5.41, 5.74) is -0.767. The highest BCUT2D eigenvalue weighted by Crippen LogP contribution is 2.29. The second-order valence-electron chi connectivity index (χ2n) is 6.91. The number of carbonyl (C=O) groups is 1. The smallest absolute Gasteiger partial charge is 0.410 e. The molecule has 0 aromatic rings. The van der Waals surface area contributed by atoms with Gasteiger partial charge in [-0.05, 0) is 47.5 Å². The number of likely N-dealkylation sites (tertiary alicyclic amines) is 1. The SMILES string of the molecule is CCOCC(C)OC1(CI)CCCN(C(=O)OC(C)(C)C)C1. The summed E-state index contributed by atoms with van der Waals surface area (Å²) in [5.74, 6) is 0. The van der Waals surface area contributed by atoms with Crippen LogP contribution in [0.3, 0.4) is 0 Å². The van der Waals surface area contributed by atoms with E-state index in [2.05, 4.69) is 22.6 Å². The molecule has 1 heterocycles. The fourth-order valence-corrected chi connectivity index (χ4v) is 3.36. The van der Waals surface area contributed by atoms with Gasteiger partial charge in [-0.1, -0.05) is 22.6 Å². The molecule has 0 saturated carbocycles. The Morgan fingerprint density at radius 3 is 2.64 bits per heavy atom. The molecule has 1 saturated heterocycles. The van der Waals surface area contributed by atoms with Crippen LogP contribution in [0.1, 0.15) is 47.5 Å². The molecule has 130 valence electrons. The van der Waals surface area contributed by atoms with E-state index in [9.17, 15) is 4.79 Å². The Hall–Kier alpha value is -0.0800. The number of amides is 1. The highest BCUT2D eigenvalue weighted by atomic mass is 127. The first-order chi connectivity index (χ1) is 10.2. The lowest BCUT2D eigenvalue weighted by molar-refractivity contribution is -0.124. The van der Waals surface area contributed by atoms with Gasteiger partial charge in [-0.25, -0.2) is 4.79 Å². The maximum atomic E-state index is 12.3. The van der Waals surface area contributed by atoms with Crippen molar-refractivity contribution in [3.63, 3.8) is 0 Å². The van der Waals surface area contributed by atoms with Crippen molar-refractivity contribution in [1.82, 2.24) is 4.90 Å². The topological polar surface area (TPSA) is 48.0 Å². The number of alkyl halides is 1. The van der Waals surface area contributed by atoms with E-state index in [1.165, 1.54) is 0 Å². The molecule has 22 heavy (non-hydrogen) atoms. The second-order valence-corrected chi connectivity index (χ2v) is 7.67. The molecule has 0 aromatic carbocycles. The standard InChI is InChI=1S/C16H30INO4/c1-6-20-10-13(2)21-16(11-17)8-7-9-18(12-16)14(19)22-15(3,4)5/h13H,6-12H2,1-5H3. The summed E-state index contributed by atoms with van der Waals surface area (Å²) < 4.78 is 18.0. The maximum Gasteiger partial charge on any atom is 0.410 e. The molecule has 1 rings (SSSR count). The van der Waals surface area contributed by atoms with E-state index in [1.54, 1.807) is 4.90 Å². The van der Waals surface area contributed by atoms with Crippen LogP contribution in [-0.2, 0) is 14.2 Å². The lowest BCUT2D eigenvalue weighted by atomic mass is 9.94. The average Bonchev–Trinajstić information content (AvgIpc) is 2.43. The van der Waals surface area contributed by atoms with Crippen molar-refractivity contribution in [2.75, 3.05) is 30.7 Å². The number of carbonyl (C=O) groups excluding carboxylic acids is 1. The van der Waals surface area contributed by atoms with Crippen molar-refractivity contribution >= 4 is 28.7 Å². The summed E-state index contributed by atoms with van der Waals surface area (Å²) in [6, 6.07) is 0. The first-order valence-electron chi connectivity index (χ1n) is 8.01. The van der Waals surface area contributed by atoms with E-state index in [1.807, 2.05) is 34.6 Å². The molecule has 0 spiro atoms. The largest absolute Gasteiger partial charge is 0.444 e. The van der Waals surface area contributed by atoms with Gasteiger partial charge in [0.25, 0.3) is 0 Å². The van der Waals surface area contributed by atoms with Gasteiger partial charge in [-0.3, -0.25) is 0 Å². The van der Waals surface area contributed by atoms with Crippen LogP contribution in [0, 0.1) is 0 Å². The predicted octanol–water partition coefficient (Wildman–Crippen LogP) is 3.63. The minimum absolute atomic E-state index is 0.0216. The number of halogens is 1. The number of hydrogen-bond donors (Lipinski definition) is 0. The van der Waals surface area contributed by atoms with Gasteiger partial charge in [0, 0.05) is 17.6 Å². The number of rotatable bonds is 6. The third-order valence-corrected chi connectivity index (χ3v) is 4.83. The van der Waals surface area contributed by atoms with Crippen LogP contribution in [0.5, 0.6) is 0 Å². The van der Waals surface area contributed by atoms with Crippen LogP contribution in [0.2, 0.25) is 0 Å². The number of piperidine rings is 1. The van der Waals surface area contributed by atoms with Gasteiger partial charge in [-0.2, -0.15) is 0 Å². The van der Waals surface area contributed by atoms with Crippen LogP contribution in [-0.4, -0.2) is 59.0 Å². The van der Waals surface area contributed by atoms with Gasteiger partial charge in [0.1, 0.15) is 5.60 Å². The first kappa shape index (κ1) is 20.0. The Labute approximate surface area is 148 Å². The molecule has 1 amide bonds. The van der Waals surface area contributed by atoms with E-state index in [0.29, 0.717) is 19.8 Å². The van der Waals surface area contributed by atoms with Crippen molar-refractivity contribution < 1.29 is 19.0 Å². The van der Waals surface area contributed by atoms with E-state index >= 15 is 0 Å². The van der Waals surface area contributed by atoms with Gasteiger partial charge < -0.3 is 19.1 Å². The molecule has 0 aromatic heterocycles. The molecular weight excluding hydrogens is 397 g/mol. The van der Waals surface area contributed by atoms with Crippen LogP contribution in [0.4, 0.5) is 4.79 Å². The predicted molar refractivity (Wildman–Crippen MR) is 95.7 cm³/mol. The van der Waals surface area contributed by atoms with Crippen molar-refractivity contribution in [1.29, 1.82) is 0 Å². The summed E-state index contributed by atoms with van der Waals surface area (Å²) in [4.78, 5) is 14.1. The Morgan fingerprint density at radius 2 is 2.09 bits per heavy atom. The third-order valence-electron chi connectivity index (χ3n) is 3.44. The Balaban J connectivity index is 2.66. The second kappa shape index (κ2) is 8.68. The van der Waals surface area contributed by atoms with Crippen molar-refractivity contribution in [3.8, 4) is 0 Å². The monoisotopic (exact) mass is 427 g/mol. The zero-order valence-corrected chi connectivity index (χ0v) is 16.6. The van der Waals surface area contributed by atoms with Crippen LogP contribution in [0.25, 0.3) is 0 Å². The summed E-state index contributed by atoms with van der Waals surface area (Å²) in [6.45, 7) is 12.3. The van der Waals surface area contributed by atoms with Crippen molar-refractivity contribution in [2.45, 2.75) is 64.8 Å². The lowest BCUT2D eigenvalue weighted by Crippen LogP contribution is -2.55. The van der Waals surface area contributed by atoms with E-state index in [-0.39, 0.29) is 17.8 Å². The molecule has 1 aliphatic heterocycles. The van der Waals surface area contributed by atoms with Crippen molar-refractivity contribution in [2.24, 2.45) is 0 Å². The highest BCUT2D eigenvalue weighted by molar-refractivity contribution is 14.1. The molecule has 2 unspecified atom stereocenters. The van der Waals surface area contributed by atoms with E-state index in [4.69, 9.17) is 14.2 Å². The number of hydrogen-bond acceptors (Lipinski definition) is 4. The van der Waals surface area contributed by atoms with E-state index in [0.717, 1.165) is 23.8 Å². The molecule has 2 atom stereocenters. The summed E-state index contributed by atoms with van der Waals surface area (Å²) in [6.07, 6.45) is 1.67. The molecule has 1 fully saturated rings. The molecule has 0 bridgehead atoms. The Kier molecular flexibility index (Phi) is 7.88. The minimum atomic E-state index is -0.468. The highest BCUT2D eigenvalue weighted by Gasteiger charge is 2.39. The lowest BCUT2D eigenvalue weighted by Gasteiger charge is -2.43. The summed E-state index contributed by atoms with van der Waals surface area (Å²) in [5, 5.41) is 0. The molecule has 0 aliphatic carbocycles. The average molecular weight is 427 g/mol. The zero-order valence-electron chi connectivity index (χ0n) is 14.5. The quantitative estimate of drug-likeness (QED) is 0.480. The molecule has 0 N–H and O–H groups in total. The molecule has 5 nitrogen and oxygen atoms in total. The maximum absolute atomic E-state index is 12.3. The van der Waals surface area contributed by atoms with Gasteiger partial charge in [-0.15, -0.1) is 0 Å². The Bertz CT molecular complexity index is 359. The molecule has 0 radical (unpaired) electrons. The van der Waals surface area contributed by atoms with Gasteiger partial charge in [0.2, 0.25) is 0 Å². The number of ether oxygens (including phenoxy) is 3. The fourth-order valence-electron chi connectivity index (χ4n) is 2.56. The normalized spacial score (nSPS) is 24.2. The van der Waals surface area contributed by atoms with Gasteiger partial charge >= 0.3 is 6.09 Å². The summed E-state index contributed by atoms with van der Waals surface area (Å²) in [7, 11) is 0. The van der Waals surface area contributed by atoms with Gasteiger partial charge in [0.15, 0.2) is 0 Å². The molecule has 6 heteroatoms. The third kappa shape index (κ3) is 6.58. The minimum Gasteiger partial charge on any atom is -0.444 e. The van der Waals surface area contributed by atoms with Crippen LogP contribution >= 0.6 is 22.6 Å². The number of nitrogens with zero attached hydrogens (tertiary/aromatic N) is 1. The molecule has 1 aliphatic rings. The van der Waals surface area contributed by atoms with Gasteiger partial charge in [0.05, 0.1) is 24.9 Å².